The molecular formula is C19H16N4O2S. The zero-order chi connectivity index (χ0) is 17.9. The Bertz CT molecular complexity index is 1110. The first-order valence-electron chi connectivity index (χ1n) is 8.15. The van der Waals surface area contributed by atoms with Crippen LogP contribution in [-0.2, 0) is 12.3 Å². The first-order valence-corrected chi connectivity index (χ1v) is 9.14. The molecule has 4 aromatic rings. The maximum absolute atomic E-state index is 11.9. The maximum atomic E-state index is 11.9. The molecule has 0 spiro atoms. The Labute approximate surface area is 153 Å². The Balaban J connectivity index is 1.58. The van der Waals surface area contributed by atoms with Crippen molar-refractivity contribution in [1.82, 2.24) is 20.2 Å². The molecule has 6 nitrogen and oxygen atoms in total. The second-order valence-corrected chi connectivity index (χ2v) is 6.93. The molecule has 26 heavy (non-hydrogen) atoms. The van der Waals surface area contributed by atoms with Gasteiger partial charge in [0.15, 0.2) is 0 Å². The molecule has 4 rings (SSSR count). The van der Waals surface area contributed by atoms with Crippen LogP contribution in [0, 0.1) is 6.92 Å². The van der Waals surface area contributed by atoms with Crippen LogP contribution < -0.4 is 5.63 Å². The average molecular weight is 364 g/mol. The highest BCUT2D eigenvalue weighted by molar-refractivity contribution is 7.98. The lowest BCUT2D eigenvalue weighted by atomic mass is 10.1. The van der Waals surface area contributed by atoms with Crippen molar-refractivity contribution < 1.29 is 4.42 Å². The van der Waals surface area contributed by atoms with Gasteiger partial charge in [0.2, 0.25) is 5.16 Å². The predicted octanol–water partition coefficient (Wildman–Crippen LogP) is 3.43. The van der Waals surface area contributed by atoms with Crippen LogP contribution in [-0.4, -0.2) is 20.2 Å². The highest BCUT2D eigenvalue weighted by Crippen LogP contribution is 2.25. The van der Waals surface area contributed by atoms with E-state index < -0.39 is 0 Å². The molecule has 0 saturated carbocycles. The zero-order valence-electron chi connectivity index (χ0n) is 14.1. The van der Waals surface area contributed by atoms with Crippen LogP contribution in [0.3, 0.4) is 0 Å². The summed E-state index contributed by atoms with van der Waals surface area (Å²) in [6.07, 6.45) is 0. The van der Waals surface area contributed by atoms with Gasteiger partial charge in [-0.3, -0.25) is 0 Å². The number of benzene rings is 2. The minimum absolute atomic E-state index is 0.345. The van der Waals surface area contributed by atoms with Gasteiger partial charge in [0.25, 0.3) is 0 Å². The fraction of sp³-hybridized carbons (Fsp3) is 0.158. The first-order chi connectivity index (χ1) is 12.7. The minimum atomic E-state index is -0.345. The largest absolute Gasteiger partial charge is 0.423 e. The van der Waals surface area contributed by atoms with Crippen molar-refractivity contribution in [1.29, 1.82) is 0 Å². The molecule has 0 N–H and O–H groups in total. The molecule has 0 atom stereocenters. The number of aromatic nitrogens is 4. The van der Waals surface area contributed by atoms with Gasteiger partial charge < -0.3 is 4.42 Å². The van der Waals surface area contributed by atoms with Gasteiger partial charge in [0.1, 0.15) is 5.58 Å². The van der Waals surface area contributed by atoms with Gasteiger partial charge in [-0.05, 0) is 40.1 Å². The summed E-state index contributed by atoms with van der Waals surface area (Å²) in [5, 5.41) is 13.6. The Morgan fingerprint density at radius 3 is 2.81 bits per heavy atom. The molecule has 0 saturated heterocycles. The lowest BCUT2D eigenvalue weighted by molar-refractivity contribution is 0.559. The van der Waals surface area contributed by atoms with Gasteiger partial charge in [-0.15, -0.1) is 5.10 Å². The summed E-state index contributed by atoms with van der Waals surface area (Å²) in [7, 11) is 0. The van der Waals surface area contributed by atoms with Crippen molar-refractivity contribution in [3.05, 3.63) is 81.7 Å². The zero-order valence-corrected chi connectivity index (χ0v) is 14.9. The van der Waals surface area contributed by atoms with Crippen LogP contribution in [0.5, 0.6) is 0 Å². The van der Waals surface area contributed by atoms with Gasteiger partial charge >= 0.3 is 5.63 Å². The van der Waals surface area contributed by atoms with E-state index in [2.05, 4.69) is 15.5 Å². The van der Waals surface area contributed by atoms with Crippen molar-refractivity contribution in [2.75, 3.05) is 0 Å². The summed E-state index contributed by atoms with van der Waals surface area (Å²) in [5.41, 5.74) is 3.36. The first kappa shape index (κ1) is 16.5. The van der Waals surface area contributed by atoms with Crippen LogP contribution in [0.1, 0.15) is 16.7 Å². The third-order valence-electron chi connectivity index (χ3n) is 4.02. The molecule has 7 heteroatoms. The molecule has 2 heterocycles. The van der Waals surface area contributed by atoms with E-state index in [1.54, 1.807) is 4.68 Å². The summed E-state index contributed by atoms with van der Waals surface area (Å²) in [6, 6.07) is 17.4. The van der Waals surface area contributed by atoms with Crippen LogP contribution in [0.15, 0.2) is 69.0 Å². The van der Waals surface area contributed by atoms with Crippen molar-refractivity contribution >= 4 is 22.7 Å². The van der Waals surface area contributed by atoms with Gasteiger partial charge in [-0.2, -0.15) is 0 Å². The summed E-state index contributed by atoms with van der Waals surface area (Å²) in [4.78, 5) is 11.9. The lowest BCUT2D eigenvalue weighted by Crippen LogP contribution is -2.04. The average Bonchev–Trinajstić information content (AvgIpc) is 3.07. The van der Waals surface area contributed by atoms with Crippen LogP contribution in [0.4, 0.5) is 0 Å². The topological polar surface area (TPSA) is 73.8 Å². The summed E-state index contributed by atoms with van der Waals surface area (Å²) in [5.74, 6) is 0.584. The van der Waals surface area contributed by atoms with Gasteiger partial charge in [0, 0.05) is 17.2 Å². The highest BCUT2D eigenvalue weighted by atomic mass is 32.2. The molecule has 0 bridgehead atoms. The minimum Gasteiger partial charge on any atom is -0.423 e. The number of aryl methyl sites for hydroxylation is 1. The van der Waals surface area contributed by atoms with E-state index in [9.17, 15) is 4.79 Å². The van der Waals surface area contributed by atoms with E-state index in [0.29, 0.717) is 23.0 Å². The van der Waals surface area contributed by atoms with E-state index in [-0.39, 0.29) is 5.63 Å². The molecule has 0 amide bonds. The van der Waals surface area contributed by atoms with Crippen molar-refractivity contribution in [3.63, 3.8) is 0 Å². The second-order valence-electron chi connectivity index (χ2n) is 5.98. The van der Waals surface area contributed by atoms with Crippen LogP contribution in [0.2, 0.25) is 0 Å². The molecule has 0 aliphatic carbocycles. The van der Waals surface area contributed by atoms with E-state index in [1.165, 1.54) is 17.8 Å². The molecule has 130 valence electrons. The lowest BCUT2D eigenvalue weighted by Gasteiger charge is -2.07. The molecule has 0 fully saturated rings. The number of tetrazole rings is 1. The van der Waals surface area contributed by atoms with Crippen molar-refractivity contribution in [2.24, 2.45) is 0 Å². The van der Waals surface area contributed by atoms with E-state index in [1.807, 2.05) is 55.5 Å². The fourth-order valence-electron chi connectivity index (χ4n) is 2.75. The predicted molar refractivity (Wildman–Crippen MR) is 100 cm³/mol. The molecule has 0 aliphatic rings. The SMILES string of the molecule is Cc1ccc2c(CSc3nnnn3Cc3ccccc3)cc(=O)oc2c1. The molecule has 2 aromatic heterocycles. The van der Waals surface area contributed by atoms with Gasteiger partial charge in [-0.25, -0.2) is 9.48 Å². The fourth-order valence-corrected chi connectivity index (χ4v) is 3.62. The van der Waals surface area contributed by atoms with Crippen LogP contribution in [0.25, 0.3) is 11.0 Å². The monoisotopic (exact) mass is 364 g/mol. The molecule has 0 aliphatic heterocycles. The number of hydrogen-bond acceptors (Lipinski definition) is 6. The number of nitrogens with zero attached hydrogens (tertiary/aromatic N) is 4. The Morgan fingerprint density at radius 1 is 1.12 bits per heavy atom. The highest BCUT2D eigenvalue weighted by Gasteiger charge is 2.11. The third kappa shape index (κ3) is 3.52. The van der Waals surface area contributed by atoms with Gasteiger partial charge in [0.05, 0.1) is 6.54 Å². The van der Waals surface area contributed by atoms with Crippen molar-refractivity contribution in [2.45, 2.75) is 24.4 Å². The summed E-state index contributed by atoms with van der Waals surface area (Å²) in [6.45, 7) is 2.58. The smallest absolute Gasteiger partial charge is 0.336 e. The molecular weight excluding hydrogens is 348 g/mol. The summed E-state index contributed by atoms with van der Waals surface area (Å²) >= 11 is 1.50. The normalized spacial score (nSPS) is 11.1. The van der Waals surface area contributed by atoms with E-state index >= 15 is 0 Å². The molecule has 0 radical (unpaired) electrons. The van der Waals surface area contributed by atoms with E-state index in [0.717, 1.165) is 22.1 Å². The second kappa shape index (κ2) is 7.13. The molecule has 0 unspecified atom stereocenters. The standard InChI is InChI=1S/C19H16N4O2S/c1-13-7-8-16-15(10-18(24)25-17(16)9-13)12-26-19-20-21-22-23(19)11-14-5-3-2-4-6-14/h2-10H,11-12H2,1H3. The maximum Gasteiger partial charge on any atom is 0.336 e. The third-order valence-corrected chi connectivity index (χ3v) is 5.02. The molecule has 2 aromatic carbocycles. The van der Waals surface area contributed by atoms with Crippen molar-refractivity contribution in [3.8, 4) is 0 Å². The number of fused-ring (bicyclic) bond motifs is 1. The number of hydrogen-bond donors (Lipinski definition) is 0. The Hall–Kier alpha value is -2.93. The Morgan fingerprint density at radius 2 is 1.96 bits per heavy atom. The quantitative estimate of drug-likeness (QED) is 0.399. The number of thioether (sulfide) groups is 1. The van der Waals surface area contributed by atoms with E-state index in [4.69, 9.17) is 4.42 Å². The van der Waals surface area contributed by atoms with Crippen LogP contribution >= 0.6 is 11.8 Å². The summed E-state index contributed by atoms with van der Waals surface area (Å²) < 4.78 is 7.07. The Kier molecular flexibility index (Phi) is 4.53. The number of rotatable bonds is 5. The van der Waals surface area contributed by atoms with Gasteiger partial charge in [-0.1, -0.05) is 54.2 Å².